The molecule has 0 saturated heterocycles. The van der Waals surface area contributed by atoms with Gasteiger partial charge in [0, 0.05) is 25.4 Å². The predicted molar refractivity (Wildman–Crippen MR) is 168 cm³/mol. The summed E-state index contributed by atoms with van der Waals surface area (Å²) < 4.78 is 23.7. The molecule has 4 aromatic rings. The topological polar surface area (TPSA) is 111 Å². The van der Waals surface area contributed by atoms with E-state index in [4.69, 9.17) is 16.3 Å². The fourth-order valence-electron chi connectivity index (χ4n) is 5.71. The van der Waals surface area contributed by atoms with Gasteiger partial charge < -0.3 is 15.2 Å². The number of aliphatic hydroxyl groups excluding tert-OH is 1. The molecule has 1 aromatic carbocycles. The Morgan fingerprint density at radius 3 is 2.50 bits per heavy atom. The number of nitrogens with one attached hydrogen (secondary N) is 1. The lowest BCUT2D eigenvalue weighted by Crippen LogP contribution is -2.33. The van der Waals surface area contributed by atoms with E-state index in [1.54, 1.807) is 36.7 Å². The Morgan fingerprint density at radius 1 is 1.14 bits per heavy atom. The summed E-state index contributed by atoms with van der Waals surface area (Å²) in [5, 5.41) is 12.7. The minimum absolute atomic E-state index is 0.0177. The first-order valence-corrected chi connectivity index (χ1v) is 15.2. The second-order valence-corrected chi connectivity index (χ2v) is 12.1. The second kappa shape index (κ2) is 13.7. The number of nitrogens with zero attached hydrogens (tertiary/aromatic N) is 4. The molecule has 2 N–H and O–H groups in total. The van der Waals surface area contributed by atoms with Gasteiger partial charge >= 0.3 is 5.69 Å². The molecule has 1 amide bonds. The molecule has 0 radical (unpaired) electrons. The molecular formula is C33H37ClFN5O4. The normalized spacial score (nSPS) is 18.1. The number of imidazole rings is 1. The highest BCUT2D eigenvalue weighted by atomic mass is 35.5. The highest BCUT2D eigenvalue weighted by Crippen LogP contribution is 2.31. The third-order valence-corrected chi connectivity index (χ3v) is 8.25. The SMILES string of the molecule is C=C(C)C(F)c1ncc(Cl)cc1C(=O)NC[C@H]1CC[C@H](Cn2c(=O)n(-c3ccc(OC[C@@H](C)O)nc3)c3ccccc32)CC1. The van der Waals surface area contributed by atoms with Crippen LogP contribution in [-0.4, -0.2) is 49.4 Å². The van der Waals surface area contributed by atoms with Crippen molar-refractivity contribution in [2.75, 3.05) is 13.2 Å². The monoisotopic (exact) mass is 621 g/mol. The summed E-state index contributed by atoms with van der Waals surface area (Å²) in [5.74, 6) is 0.548. The van der Waals surface area contributed by atoms with Gasteiger partial charge in [0.1, 0.15) is 6.61 Å². The molecule has 11 heteroatoms. The van der Waals surface area contributed by atoms with Crippen LogP contribution in [0.2, 0.25) is 5.02 Å². The van der Waals surface area contributed by atoms with Gasteiger partial charge in [-0.1, -0.05) is 30.3 Å². The van der Waals surface area contributed by atoms with E-state index in [1.807, 2.05) is 28.8 Å². The highest BCUT2D eigenvalue weighted by Gasteiger charge is 2.26. The zero-order valence-corrected chi connectivity index (χ0v) is 25.6. The lowest BCUT2D eigenvalue weighted by Gasteiger charge is -2.29. The number of fused-ring (bicyclic) bond motifs is 1. The zero-order valence-electron chi connectivity index (χ0n) is 24.9. The summed E-state index contributed by atoms with van der Waals surface area (Å²) in [7, 11) is 0. The third kappa shape index (κ3) is 7.03. The standard InChI is InChI=1S/C33H37ClFN5O4/c1-20(2)30(35)31-26(14-24(34)16-37-31)32(42)38-15-22-8-10-23(11-9-22)18-39-27-6-4-5-7-28(27)40(33(39)43)25-12-13-29(36-17-25)44-19-21(3)41/h4-7,12-14,16-17,21-23,30,41H,1,8-11,15,18-19H2,2-3H3,(H,38,42)/t21-,22-,23-,30?/m1/s1. The van der Waals surface area contributed by atoms with Crippen LogP contribution in [0.15, 0.2) is 71.8 Å². The number of carbonyl (C=O) groups excluding carboxylic acids is 1. The largest absolute Gasteiger partial charge is 0.475 e. The average molecular weight is 622 g/mol. The van der Waals surface area contributed by atoms with Crippen LogP contribution in [0.3, 0.4) is 0 Å². The number of ether oxygens (including phenoxy) is 1. The van der Waals surface area contributed by atoms with Crippen LogP contribution < -0.4 is 15.7 Å². The fourth-order valence-corrected chi connectivity index (χ4v) is 5.86. The highest BCUT2D eigenvalue weighted by molar-refractivity contribution is 6.30. The van der Waals surface area contributed by atoms with Crippen LogP contribution in [0.1, 0.15) is 61.8 Å². The van der Waals surface area contributed by atoms with E-state index in [1.165, 1.54) is 12.3 Å². The third-order valence-electron chi connectivity index (χ3n) is 8.05. The molecule has 232 valence electrons. The number of para-hydroxylation sites is 2. The first-order chi connectivity index (χ1) is 21.1. The van der Waals surface area contributed by atoms with Gasteiger partial charge in [-0.2, -0.15) is 0 Å². The number of rotatable bonds is 11. The predicted octanol–water partition coefficient (Wildman–Crippen LogP) is 5.82. The summed E-state index contributed by atoms with van der Waals surface area (Å²) in [5.41, 5.74) is 2.56. The Labute approximate surface area is 260 Å². The van der Waals surface area contributed by atoms with E-state index < -0.39 is 18.2 Å². The minimum atomic E-state index is -1.55. The summed E-state index contributed by atoms with van der Waals surface area (Å²) in [4.78, 5) is 35.1. The van der Waals surface area contributed by atoms with Crippen molar-refractivity contribution in [2.24, 2.45) is 11.8 Å². The Hall–Kier alpha value is -4.02. The van der Waals surface area contributed by atoms with Gasteiger partial charge in [0.15, 0.2) is 6.17 Å². The van der Waals surface area contributed by atoms with E-state index in [-0.39, 0.29) is 40.1 Å². The lowest BCUT2D eigenvalue weighted by molar-refractivity contribution is 0.0937. The smallest absolute Gasteiger partial charge is 0.333 e. The van der Waals surface area contributed by atoms with Gasteiger partial charge in [-0.3, -0.25) is 18.9 Å². The van der Waals surface area contributed by atoms with Crippen molar-refractivity contribution in [3.63, 3.8) is 0 Å². The van der Waals surface area contributed by atoms with Crippen LogP contribution in [0.4, 0.5) is 4.39 Å². The van der Waals surface area contributed by atoms with Gasteiger partial charge in [-0.15, -0.1) is 0 Å². The Balaban J connectivity index is 1.23. The van der Waals surface area contributed by atoms with Crippen LogP contribution in [-0.2, 0) is 6.54 Å². The van der Waals surface area contributed by atoms with Crippen molar-refractivity contribution in [3.05, 3.63) is 93.8 Å². The van der Waals surface area contributed by atoms with Crippen molar-refractivity contribution in [3.8, 4) is 11.6 Å². The van der Waals surface area contributed by atoms with Gasteiger partial charge in [0.05, 0.1) is 45.3 Å². The van der Waals surface area contributed by atoms with Crippen molar-refractivity contribution in [2.45, 2.75) is 58.4 Å². The number of carbonyl (C=O) groups is 1. The molecule has 0 bridgehead atoms. The lowest BCUT2D eigenvalue weighted by atomic mass is 9.82. The number of aliphatic hydroxyl groups is 1. The van der Waals surface area contributed by atoms with Gasteiger partial charge in [-0.05, 0) is 81.2 Å². The molecule has 9 nitrogen and oxygen atoms in total. The molecule has 0 spiro atoms. The fraction of sp³-hybridized carbons (Fsp3) is 0.394. The van der Waals surface area contributed by atoms with E-state index in [0.717, 1.165) is 36.7 Å². The number of hydrogen-bond acceptors (Lipinski definition) is 6. The Morgan fingerprint density at radius 2 is 1.84 bits per heavy atom. The van der Waals surface area contributed by atoms with E-state index in [2.05, 4.69) is 21.9 Å². The Kier molecular flexibility index (Phi) is 9.80. The molecule has 1 unspecified atom stereocenters. The summed E-state index contributed by atoms with van der Waals surface area (Å²) in [6, 6.07) is 12.6. The molecule has 1 aliphatic carbocycles. The molecule has 3 aromatic heterocycles. The number of pyridine rings is 2. The molecule has 1 fully saturated rings. The maximum absolute atomic E-state index is 14.7. The van der Waals surface area contributed by atoms with Crippen molar-refractivity contribution in [1.82, 2.24) is 24.4 Å². The van der Waals surface area contributed by atoms with Gasteiger partial charge in [0.25, 0.3) is 5.91 Å². The number of amides is 1. The number of halogens is 2. The summed E-state index contributed by atoms with van der Waals surface area (Å²) in [6.07, 6.45) is 4.39. The van der Waals surface area contributed by atoms with Crippen molar-refractivity contribution < 1.29 is 19.0 Å². The molecule has 1 saturated carbocycles. The number of alkyl halides is 1. The Bertz CT molecular complexity index is 1690. The first-order valence-electron chi connectivity index (χ1n) is 14.8. The molecule has 2 atom stereocenters. The van der Waals surface area contributed by atoms with Crippen LogP contribution in [0.25, 0.3) is 16.7 Å². The van der Waals surface area contributed by atoms with E-state index in [9.17, 15) is 19.1 Å². The summed E-state index contributed by atoms with van der Waals surface area (Å²) >= 11 is 6.06. The van der Waals surface area contributed by atoms with Crippen molar-refractivity contribution >= 4 is 28.5 Å². The average Bonchev–Trinajstić information content (AvgIpc) is 3.29. The quantitative estimate of drug-likeness (QED) is 0.204. The maximum Gasteiger partial charge on any atom is 0.333 e. The number of allylic oxidation sites excluding steroid dienone is 1. The summed E-state index contributed by atoms with van der Waals surface area (Å²) in [6.45, 7) is 8.02. The van der Waals surface area contributed by atoms with Crippen molar-refractivity contribution in [1.29, 1.82) is 0 Å². The van der Waals surface area contributed by atoms with Crippen LogP contribution >= 0.6 is 11.6 Å². The van der Waals surface area contributed by atoms with E-state index >= 15 is 0 Å². The molecular weight excluding hydrogens is 585 g/mol. The molecule has 3 heterocycles. The molecule has 44 heavy (non-hydrogen) atoms. The molecule has 1 aliphatic rings. The van der Waals surface area contributed by atoms with E-state index in [0.29, 0.717) is 30.6 Å². The number of benzene rings is 1. The zero-order chi connectivity index (χ0) is 31.4. The first kappa shape index (κ1) is 31.4. The van der Waals surface area contributed by atoms with Gasteiger partial charge in [0.2, 0.25) is 5.88 Å². The number of aromatic nitrogens is 4. The number of hydrogen-bond donors (Lipinski definition) is 2. The minimum Gasteiger partial charge on any atom is -0.475 e. The molecule has 5 rings (SSSR count). The van der Waals surface area contributed by atoms with Crippen LogP contribution in [0, 0.1) is 11.8 Å². The maximum atomic E-state index is 14.7. The van der Waals surface area contributed by atoms with Gasteiger partial charge in [-0.25, -0.2) is 14.2 Å². The van der Waals surface area contributed by atoms with Crippen LogP contribution in [0.5, 0.6) is 5.88 Å². The molecule has 0 aliphatic heterocycles. The second-order valence-electron chi connectivity index (χ2n) is 11.6.